The van der Waals surface area contributed by atoms with Gasteiger partial charge in [0.25, 0.3) is 0 Å². The lowest BCUT2D eigenvalue weighted by Gasteiger charge is -2.12. The lowest BCUT2D eigenvalue weighted by molar-refractivity contribution is 0.273. The summed E-state index contributed by atoms with van der Waals surface area (Å²) >= 11 is 5.64. The van der Waals surface area contributed by atoms with Crippen molar-refractivity contribution >= 4 is 11.6 Å². The number of halogens is 1. The Morgan fingerprint density at radius 2 is 1.94 bits per heavy atom. The summed E-state index contributed by atoms with van der Waals surface area (Å²) in [6.07, 6.45) is 0.935. The van der Waals surface area contributed by atoms with E-state index >= 15 is 0 Å². The van der Waals surface area contributed by atoms with Gasteiger partial charge in [-0.15, -0.1) is 11.6 Å². The van der Waals surface area contributed by atoms with Crippen LogP contribution in [0.15, 0.2) is 24.3 Å². The third kappa shape index (κ3) is 4.00. The van der Waals surface area contributed by atoms with E-state index in [2.05, 4.69) is 0 Å². The minimum absolute atomic E-state index is 0.157. The number of rotatable bonds is 6. The van der Waals surface area contributed by atoms with Crippen molar-refractivity contribution in [2.75, 3.05) is 13.2 Å². The van der Waals surface area contributed by atoms with Gasteiger partial charge >= 0.3 is 0 Å². The second kappa shape index (κ2) is 6.97. The fraction of sp³-hybridized carbons (Fsp3) is 0.417. The standard InChI is InChI=1S/C12H14ClNO2/c1-2-7-15-11-5-3-4-6-12(11)16-9-10(13)8-14/h3-6,10H,2,7,9H2,1H3. The molecule has 0 bridgehead atoms. The van der Waals surface area contributed by atoms with Crippen molar-refractivity contribution in [3.63, 3.8) is 0 Å². The molecular formula is C12H14ClNO2. The fourth-order valence-electron chi connectivity index (χ4n) is 1.10. The van der Waals surface area contributed by atoms with Gasteiger partial charge in [0.1, 0.15) is 6.61 Å². The first-order valence-electron chi connectivity index (χ1n) is 5.16. The Kier molecular flexibility index (Phi) is 5.52. The number of nitriles is 1. The molecule has 1 unspecified atom stereocenters. The molecule has 1 aromatic rings. The Bertz CT molecular complexity index is 362. The van der Waals surface area contributed by atoms with Crippen molar-refractivity contribution in [1.29, 1.82) is 5.26 Å². The summed E-state index contributed by atoms with van der Waals surface area (Å²) < 4.78 is 10.9. The molecular weight excluding hydrogens is 226 g/mol. The van der Waals surface area contributed by atoms with Crippen molar-refractivity contribution in [3.05, 3.63) is 24.3 Å². The Labute approximate surface area is 101 Å². The van der Waals surface area contributed by atoms with E-state index in [1.807, 2.05) is 31.2 Å². The molecule has 0 saturated carbocycles. The van der Waals surface area contributed by atoms with Gasteiger partial charge < -0.3 is 9.47 Å². The average Bonchev–Trinajstić information content (AvgIpc) is 2.34. The smallest absolute Gasteiger partial charge is 0.161 e. The molecule has 1 rings (SSSR count). The van der Waals surface area contributed by atoms with E-state index in [9.17, 15) is 0 Å². The van der Waals surface area contributed by atoms with Crippen LogP contribution >= 0.6 is 11.6 Å². The largest absolute Gasteiger partial charge is 0.490 e. The van der Waals surface area contributed by atoms with E-state index in [-0.39, 0.29) is 6.61 Å². The van der Waals surface area contributed by atoms with E-state index in [1.165, 1.54) is 0 Å². The lowest BCUT2D eigenvalue weighted by atomic mass is 10.3. The molecule has 1 atom stereocenters. The highest BCUT2D eigenvalue weighted by atomic mass is 35.5. The Hall–Kier alpha value is -1.40. The molecule has 0 fully saturated rings. The molecule has 0 aromatic heterocycles. The van der Waals surface area contributed by atoms with Gasteiger partial charge in [-0.05, 0) is 18.6 Å². The summed E-state index contributed by atoms with van der Waals surface area (Å²) in [7, 11) is 0. The lowest BCUT2D eigenvalue weighted by Crippen LogP contribution is -2.10. The predicted octanol–water partition coefficient (Wildman–Crippen LogP) is 2.99. The Morgan fingerprint density at radius 1 is 1.31 bits per heavy atom. The number of hydrogen-bond donors (Lipinski definition) is 0. The van der Waals surface area contributed by atoms with Crippen molar-refractivity contribution in [1.82, 2.24) is 0 Å². The maximum absolute atomic E-state index is 8.53. The van der Waals surface area contributed by atoms with Crippen LogP contribution in [0, 0.1) is 11.3 Å². The highest BCUT2D eigenvalue weighted by molar-refractivity contribution is 6.22. The Balaban J connectivity index is 2.60. The van der Waals surface area contributed by atoms with Crippen LogP contribution in [0.4, 0.5) is 0 Å². The van der Waals surface area contributed by atoms with Crippen molar-refractivity contribution in [3.8, 4) is 17.6 Å². The molecule has 0 radical (unpaired) electrons. The van der Waals surface area contributed by atoms with Crippen LogP contribution in [0.3, 0.4) is 0 Å². The van der Waals surface area contributed by atoms with Gasteiger partial charge in [0.05, 0.1) is 12.7 Å². The molecule has 0 aliphatic carbocycles. The summed E-state index contributed by atoms with van der Waals surface area (Å²) in [5.74, 6) is 1.31. The normalized spacial score (nSPS) is 11.6. The number of nitrogens with zero attached hydrogens (tertiary/aromatic N) is 1. The number of ether oxygens (including phenoxy) is 2. The second-order valence-electron chi connectivity index (χ2n) is 3.20. The molecule has 0 aliphatic heterocycles. The topological polar surface area (TPSA) is 42.2 Å². The van der Waals surface area contributed by atoms with Gasteiger partial charge in [0.2, 0.25) is 0 Å². The van der Waals surface area contributed by atoms with Gasteiger partial charge in [0, 0.05) is 0 Å². The quantitative estimate of drug-likeness (QED) is 0.717. The highest BCUT2D eigenvalue weighted by Crippen LogP contribution is 2.26. The molecule has 0 aliphatic rings. The van der Waals surface area contributed by atoms with Gasteiger partial charge in [-0.3, -0.25) is 0 Å². The molecule has 0 amide bonds. The summed E-state index contributed by atoms with van der Waals surface area (Å²) in [6.45, 7) is 2.83. The minimum Gasteiger partial charge on any atom is -0.490 e. The molecule has 4 heteroatoms. The van der Waals surface area contributed by atoms with Gasteiger partial charge in [-0.25, -0.2) is 0 Å². The first-order chi connectivity index (χ1) is 7.77. The molecule has 1 aromatic carbocycles. The molecule has 0 spiro atoms. The fourth-order valence-corrected chi connectivity index (χ4v) is 1.16. The van der Waals surface area contributed by atoms with Gasteiger partial charge in [0.15, 0.2) is 16.9 Å². The maximum atomic E-state index is 8.53. The summed E-state index contributed by atoms with van der Waals surface area (Å²) in [6, 6.07) is 9.26. The van der Waals surface area contributed by atoms with Crippen LogP contribution in [0.2, 0.25) is 0 Å². The Morgan fingerprint density at radius 3 is 2.50 bits per heavy atom. The molecule has 86 valence electrons. The zero-order chi connectivity index (χ0) is 11.8. The maximum Gasteiger partial charge on any atom is 0.161 e. The molecule has 0 N–H and O–H groups in total. The zero-order valence-electron chi connectivity index (χ0n) is 9.15. The van der Waals surface area contributed by atoms with Crippen LogP contribution in [-0.4, -0.2) is 18.6 Å². The van der Waals surface area contributed by atoms with Crippen molar-refractivity contribution < 1.29 is 9.47 Å². The van der Waals surface area contributed by atoms with E-state index < -0.39 is 5.38 Å². The van der Waals surface area contributed by atoms with Crippen LogP contribution < -0.4 is 9.47 Å². The summed E-state index contributed by atoms with van der Waals surface area (Å²) in [5, 5.41) is 7.89. The molecule has 16 heavy (non-hydrogen) atoms. The molecule has 3 nitrogen and oxygen atoms in total. The predicted molar refractivity (Wildman–Crippen MR) is 63.0 cm³/mol. The van der Waals surface area contributed by atoms with Gasteiger partial charge in [-0.2, -0.15) is 5.26 Å². The number of hydrogen-bond acceptors (Lipinski definition) is 3. The SMILES string of the molecule is CCCOc1ccccc1OCC(Cl)C#N. The van der Waals surface area contributed by atoms with Gasteiger partial charge in [-0.1, -0.05) is 19.1 Å². The average molecular weight is 240 g/mol. The minimum atomic E-state index is -0.640. The van der Waals surface area contributed by atoms with Crippen LogP contribution in [0.1, 0.15) is 13.3 Å². The van der Waals surface area contributed by atoms with E-state index in [1.54, 1.807) is 6.07 Å². The number of para-hydroxylation sites is 2. The number of benzene rings is 1. The first-order valence-corrected chi connectivity index (χ1v) is 5.60. The third-order valence-electron chi connectivity index (χ3n) is 1.84. The summed E-state index contributed by atoms with van der Waals surface area (Å²) in [5.41, 5.74) is 0. The third-order valence-corrected chi connectivity index (χ3v) is 2.06. The highest BCUT2D eigenvalue weighted by Gasteiger charge is 2.07. The van der Waals surface area contributed by atoms with Crippen molar-refractivity contribution in [2.45, 2.75) is 18.7 Å². The molecule has 0 heterocycles. The molecule has 0 saturated heterocycles. The zero-order valence-corrected chi connectivity index (χ0v) is 9.91. The monoisotopic (exact) mass is 239 g/mol. The van der Waals surface area contributed by atoms with E-state index in [4.69, 9.17) is 26.3 Å². The van der Waals surface area contributed by atoms with Crippen LogP contribution in [-0.2, 0) is 0 Å². The van der Waals surface area contributed by atoms with E-state index in [0.29, 0.717) is 18.1 Å². The summed E-state index contributed by atoms with van der Waals surface area (Å²) in [4.78, 5) is 0. The van der Waals surface area contributed by atoms with Crippen LogP contribution in [0.5, 0.6) is 11.5 Å². The first kappa shape index (κ1) is 12.7. The second-order valence-corrected chi connectivity index (χ2v) is 3.73. The number of alkyl halides is 1. The van der Waals surface area contributed by atoms with Crippen molar-refractivity contribution in [2.24, 2.45) is 0 Å². The van der Waals surface area contributed by atoms with E-state index in [0.717, 1.165) is 6.42 Å². The van der Waals surface area contributed by atoms with Crippen LogP contribution in [0.25, 0.3) is 0 Å².